The Bertz CT molecular complexity index is 687. The molecule has 0 radical (unpaired) electrons. The van der Waals surface area contributed by atoms with E-state index in [0.29, 0.717) is 18.7 Å². The van der Waals surface area contributed by atoms with Gasteiger partial charge in [-0.25, -0.2) is 4.79 Å². The Morgan fingerprint density at radius 3 is 2.29 bits per heavy atom. The molecular weight excluding hydrogens is 343 g/mol. The first-order valence-corrected chi connectivity index (χ1v) is 6.98. The zero-order chi connectivity index (χ0) is 17.0. The van der Waals surface area contributed by atoms with Crippen molar-refractivity contribution in [2.75, 3.05) is 18.5 Å². The van der Waals surface area contributed by atoms with Gasteiger partial charge in [-0.1, -0.05) is 18.2 Å². The maximum atomic E-state index is 12.7. The third-order valence-electron chi connectivity index (χ3n) is 3.55. The fourth-order valence-corrected chi connectivity index (χ4v) is 2.16. The van der Waals surface area contributed by atoms with Gasteiger partial charge in [0.15, 0.2) is 0 Å². The normalized spacial score (nSPS) is 10.8. The van der Waals surface area contributed by atoms with Gasteiger partial charge in [-0.2, -0.15) is 13.2 Å². The summed E-state index contributed by atoms with van der Waals surface area (Å²) in [7, 11) is 1.72. The zero-order valence-corrected chi connectivity index (χ0v) is 13.7. The average molecular weight is 360 g/mol. The van der Waals surface area contributed by atoms with Crippen molar-refractivity contribution >= 4 is 24.1 Å². The SMILES string of the molecule is CN(CCc1ccc(C(=O)O)cc1)c1cccc(C(F)(F)F)c1.Cl. The number of anilines is 1. The van der Waals surface area contributed by atoms with Crippen molar-refractivity contribution in [1.82, 2.24) is 0 Å². The Hall–Kier alpha value is -2.21. The lowest BCUT2D eigenvalue weighted by Crippen LogP contribution is -2.21. The number of carboxylic acids is 1. The average Bonchev–Trinajstić information content (AvgIpc) is 2.52. The lowest BCUT2D eigenvalue weighted by atomic mass is 10.1. The highest BCUT2D eigenvalue weighted by atomic mass is 35.5. The molecule has 0 atom stereocenters. The molecule has 0 aliphatic carbocycles. The van der Waals surface area contributed by atoms with Crippen LogP contribution in [0.2, 0.25) is 0 Å². The molecule has 2 aromatic rings. The van der Waals surface area contributed by atoms with Crippen LogP contribution >= 0.6 is 12.4 Å². The van der Waals surface area contributed by atoms with Gasteiger partial charge < -0.3 is 10.0 Å². The van der Waals surface area contributed by atoms with Crippen molar-refractivity contribution in [2.45, 2.75) is 12.6 Å². The molecule has 2 aromatic carbocycles. The number of hydrogen-bond donors (Lipinski definition) is 1. The zero-order valence-electron chi connectivity index (χ0n) is 12.9. The molecule has 130 valence electrons. The maximum Gasteiger partial charge on any atom is 0.416 e. The molecule has 24 heavy (non-hydrogen) atoms. The molecule has 0 fully saturated rings. The Labute approximate surface area is 144 Å². The van der Waals surface area contributed by atoms with Crippen LogP contribution < -0.4 is 4.90 Å². The molecule has 0 amide bonds. The highest BCUT2D eigenvalue weighted by Crippen LogP contribution is 2.31. The minimum atomic E-state index is -4.36. The lowest BCUT2D eigenvalue weighted by molar-refractivity contribution is -0.137. The third-order valence-corrected chi connectivity index (χ3v) is 3.55. The largest absolute Gasteiger partial charge is 0.478 e. The fourth-order valence-electron chi connectivity index (χ4n) is 2.16. The van der Waals surface area contributed by atoms with Crippen LogP contribution in [0.4, 0.5) is 18.9 Å². The van der Waals surface area contributed by atoms with Gasteiger partial charge in [-0.15, -0.1) is 12.4 Å². The minimum absolute atomic E-state index is 0. The summed E-state index contributed by atoms with van der Waals surface area (Å²) in [6, 6.07) is 11.6. The molecule has 2 rings (SSSR count). The number of carbonyl (C=O) groups is 1. The Kier molecular flexibility index (Phi) is 6.66. The minimum Gasteiger partial charge on any atom is -0.478 e. The van der Waals surface area contributed by atoms with Crippen molar-refractivity contribution in [1.29, 1.82) is 0 Å². The number of rotatable bonds is 5. The molecule has 0 aliphatic heterocycles. The van der Waals surface area contributed by atoms with E-state index in [2.05, 4.69) is 0 Å². The van der Waals surface area contributed by atoms with Gasteiger partial charge in [0.1, 0.15) is 0 Å². The number of hydrogen-bond acceptors (Lipinski definition) is 2. The molecule has 0 saturated heterocycles. The van der Waals surface area contributed by atoms with Gasteiger partial charge in [0.25, 0.3) is 0 Å². The highest BCUT2D eigenvalue weighted by molar-refractivity contribution is 5.87. The van der Waals surface area contributed by atoms with Gasteiger partial charge in [-0.3, -0.25) is 0 Å². The van der Waals surface area contributed by atoms with E-state index in [1.54, 1.807) is 30.1 Å². The number of likely N-dealkylation sites (N-methyl/N-ethyl adjacent to an activating group) is 1. The van der Waals surface area contributed by atoms with E-state index >= 15 is 0 Å². The van der Waals surface area contributed by atoms with Crippen molar-refractivity contribution in [3.63, 3.8) is 0 Å². The maximum absolute atomic E-state index is 12.7. The molecular formula is C17H17ClF3NO2. The van der Waals surface area contributed by atoms with Crippen molar-refractivity contribution in [3.8, 4) is 0 Å². The second kappa shape index (κ2) is 8.06. The molecule has 0 unspecified atom stereocenters. The van der Waals surface area contributed by atoms with Crippen LogP contribution in [0.15, 0.2) is 48.5 Å². The lowest BCUT2D eigenvalue weighted by Gasteiger charge is -2.20. The number of carboxylic acid groups (broad SMARTS) is 1. The first-order valence-electron chi connectivity index (χ1n) is 6.98. The number of nitrogens with zero attached hydrogens (tertiary/aromatic N) is 1. The summed E-state index contributed by atoms with van der Waals surface area (Å²) >= 11 is 0. The van der Waals surface area contributed by atoms with Crippen LogP contribution in [0, 0.1) is 0 Å². The van der Waals surface area contributed by atoms with Crippen LogP contribution in [-0.4, -0.2) is 24.7 Å². The van der Waals surface area contributed by atoms with Crippen LogP contribution in [0.1, 0.15) is 21.5 Å². The Morgan fingerprint density at radius 1 is 1.12 bits per heavy atom. The molecule has 0 saturated carbocycles. The molecule has 3 nitrogen and oxygen atoms in total. The number of halogens is 4. The van der Waals surface area contributed by atoms with E-state index in [-0.39, 0.29) is 18.0 Å². The van der Waals surface area contributed by atoms with Gasteiger partial charge >= 0.3 is 12.1 Å². The van der Waals surface area contributed by atoms with Crippen LogP contribution in [0.25, 0.3) is 0 Å². The fraction of sp³-hybridized carbons (Fsp3) is 0.235. The summed E-state index contributed by atoms with van der Waals surface area (Å²) in [5.74, 6) is -0.988. The summed E-state index contributed by atoms with van der Waals surface area (Å²) in [5.41, 5.74) is 0.948. The summed E-state index contributed by atoms with van der Waals surface area (Å²) in [5, 5.41) is 8.83. The van der Waals surface area contributed by atoms with Gasteiger partial charge in [-0.05, 0) is 42.3 Å². The predicted molar refractivity (Wildman–Crippen MR) is 89.1 cm³/mol. The van der Waals surface area contributed by atoms with E-state index in [1.165, 1.54) is 18.2 Å². The first kappa shape index (κ1) is 19.8. The highest BCUT2D eigenvalue weighted by Gasteiger charge is 2.30. The van der Waals surface area contributed by atoms with Crippen LogP contribution in [-0.2, 0) is 12.6 Å². The summed E-state index contributed by atoms with van der Waals surface area (Å²) < 4.78 is 38.2. The molecule has 0 aliphatic rings. The summed E-state index contributed by atoms with van der Waals surface area (Å²) in [4.78, 5) is 12.5. The van der Waals surface area contributed by atoms with Crippen LogP contribution in [0.3, 0.4) is 0 Å². The van der Waals surface area contributed by atoms with Gasteiger partial charge in [0, 0.05) is 19.3 Å². The molecule has 0 bridgehead atoms. The van der Waals surface area contributed by atoms with E-state index in [0.717, 1.165) is 17.7 Å². The van der Waals surface area contributed by atoms with Crippen molar-refractivity contribution in [2.24, 2.45) is 0 Å². The molecule has 1 N–H and O–H groups in total. The smallest absolute Gasteiger partial charge is 0.416 e. The topological polar surface area (TPSA) is 40.5 Å². The number of benzene rings is 2. The van der Waals surface area contributed by atoms with E-state index < -0.39 is 17.7 Å². The van der Waals surface area contributed by atoms with E-state index in [9.17, 15) is 18.0 Å². The quantitative estimate of drug-likeness (QED) is 0.854. The van der Waals surface area contributed by atoms with E-state index in [1.807, 2.05) is 0 Å². The summed E-state index contributed by atoms with van der Waals surface area (Å²) in [6.07, 6.45) is -3.75. The van der Waals surface area contributed by atoms with Crippen molar-refractivity contribution < 1.29 is 23.1 Å². The Morgan fingerprint density at radius 2 is 1.75 bits per heavy atom. The molecule has 0 aromatic heterocycles. The van der Waals surface area contributed by atoms with Crippen molar-refractivity contribution in [3.05, 3.63) is 65.2 Å². The third kappa shape index (κ3) is 5.16. The predicted octanol–water partition coefficient (Wildman–Crippen LogP) is 4.50. The second-order valence-electron chi connectivity index (χ2n) is 5.22. The van der Waals surface area contributed by atoms with Gasteiger partial charge in [0.2, 0.25) is 0 Å². The standard InChI is InChI=1S/C17H16F3NO2.ClH/c1-21(15-4-2-3-14(11-15)17(18,19)20)10-9-12-5-7-13(8-6-12)16(22)23;/h2-8,11H,9-10H2,1H3,(H,22,23);1H. The Balaban J connectivity index is 0.00000288. The molecule has 0 spiro atoms. The molecule has 7 heteroatoms. The number of aromatic carboxylic acids is 1. The second-order valence-corrected chi connectivity index (χ2v) is 5.22. The number of alkyl halides is 3. The molecule has 0 heterocycles. The van der Waals surface area contributed by atoms with Gasteiger partial charge in [0.05, 0.1) is 11.1 Å². The van der Waals surface area contributed by atoms with E-state index in [4.69, 9.17) is 5.11 Å². The summed E-state index contributed by atoms with van der Waals surface area (Å²) in [6.45, 7) is 0.522. The first-order chi connectivity index (χ1) is 10.8. The van der Waals surface area contributed by atoms with Crippen LogP contribution in [0.5, 0.6) is 0 Å². The monoisotopic (exact) mass is 359 g/mol.